The molecular weight excluding hydrogens is 1150 g/mol. The van der Waals surface area contributed by atoms with E-state index in [2.05, 4.69) is 269 Å². The lowest BCUT2D eigenvalue weighted by Crippen LogP contribution is -2.25. The van der Waals surface area contributed by atoms with E-state index in [4.69, 9.17) is 0 Å². The molecule has 10 rings (SSSR count). The number of benzene rings is 8. The monoisotopic (exact) mass is 1250 g/mol. The number of phenols is 2. The zero-order valence-corrected chi connectivity index (χ0v) is 60.0. The zero-order chi connectivity index (χ0) is 68.4. The van der Waals surface area contributed by atoms with Crippen LogP contribution in [0.4, 0.5) is 8.78 Å². The molecule has 0 radical (unpaired) electrons. The number of nitrogens with zero attached hydrogens (tertiary/aromatic N) is 2. The lowest BCUT2D eigenvalue weighted by Gasteiger charge is -2.35. The van der Waals surface area contributed by atoms with Gasteiger partial charge in [0.05, 0.1) is 44.6 Å². The highest BCUT2D eigenvalue weighted by Crippen LogP contribution is 2.52. The molecule has 0 aliphatic carbocycles. The van der Waals surface area contributed by atoms with Crippen molar-refractivity contribution in [1.29, 1.82) is 0 Å². The van der Waals surface area contributed by atoms with Crippen molar-refractivity contribution < 1.29 is 27.7 Å². The first-order chi connectivity index (χ1) is 42.8. The first-order valence-electron chi connectivity index (χ1n) is 33.4. The maximum absolute atomic E-state index is 16.1. The van der Waals surface area contributed by atoms with Crippen molar-refractivity contribution in [2.75, 3.05) is 13.2 Å². The van der Waals surface area contributed by atoms with E-state index in [0.29, 0.717) is 64.8 Å². The highest BCUT2D eigenvalue weighted by atomic mass is 19.1. The zero-order valence-electron chi connectivity index (χ0n) is 60.0. The molecule has 0 aliphatic rings. The molecule has 0 atom stereocenters. The van der Waals surface area contributed by atoms with Crippen molar-refractivity contribution >= 4 is 43.6 Å². The second-order valence-corrected chi connectivity index (χ2v) is 34.7. The number of halogens is 2. The number of fused-ring (bicyclic) bond motifs is 6. The Labute approximate surface area is 555 Å². The first-order valence-corrected chi connectivity index (χ1v) is 33.4. The van der Waals surface area contributed by atoms with Crippen LogP contribution in [0.25, 0.3) is 77.2 Å². The van der Waals surface area contributed by atoms with Crippen molar-refractivity contribution in [3.63, 3.8) is 0 Å². The van der Waals surface area contributed by atoms with Gasteiger partial charge in [0.1, 0.15) is 29.6 Å². The molecule has 93 heavy (non-hydrogen) atoms. The SMILES string of the molecule is [CH2-][O+](CCC[O+]([CH2-])c1ccc(F)cc1-c1cc(C(C)(C)CC(C)(C)C)cc(-n2c3ccc(C(C)(C)C)cc3c3cc(C(C)(C)C)ccc32)c1O)c1ccc(F)cc1-c1cc(C(C)(C)CC(C)(C)C)cc(-n2c3ccc(C(C)(C)C)cc3c3cc(C(C)(C)C)ccc32)c1O. The van der Waals surface area contributed by atoms with Crippen molar-refractivity contribution in [2.45, 2.75) is 204 Å². The van der Waals surface area contributed by atoms with Gasteiger partial charge in [-0.25, -0.2) is 8.78 Å². The third-order valence-electron chi connectivity index (χ3n) is 19.0. The van der Waals surface area contributed by atoms with E-state index in [1.807, 2.05) is 12.1 Å². The minimum absolute atomic E-state index is 0.0212. The fourth-order valence-electron chi connectivity index (χ4n) is 14.6. The summed E-state index contributed by atoms with van der Waals surface area (Å²) in [7, 11) is 9.03. The van der Waals surface area contributed by atoms with Crippen LogP contribution in [-0.4, -0.2) is 32.6 Å². The van der Waals surface area contributed by atoms with Crippen LogP contribution in [0, 0.1) is 36.7 Å². The van der Waals surface area contributed by atoms with Gasteiger partial charge in [0, 0.05) is 44.8 Å². The van der Waals surface area contributed by atoms with Crippen molar-refractivity contribution in [2.24, 2.45) is 10.8 Å². The number of phenolic OH excluding ortho intramolecular Hbond substituents is 2. The molecule has 0 fully saturated rings. The molecule has 0 amide bonds. The molecule has 0 spiro atoms. The second-order valence-electron chi connectivity index (χ2n) is 34.7. The van der Waals surface area contributed by atoms with Gasteiger partial charge >= 0.3 is 0 Å². The summed E-state index contributed by atoms with van der Waals surface area (Å²) < 4.78 is 42.6. The molecule has 0 aliphatic heterocycles. The van der Waals surface area contributed by atoms with Crippen LogP contribution >= 0.6 is 0 Å². The van der Waals surface area contributed by atoms with Crippen LogP contribution in [0.3, 0.4) is 0 Å². The van der Waals surface area contributed by atoms with Crippen LogP contribution in [0.15, 0.2) is 133 Å². The summed E-state index contributed by atoms with van der Waals surface area (Å²) in [5.74, 6) is 0.250. The Hall–Kier alpha value is -7.58. The standard InChI is InChI=1S/C85H104F2N2O4/c1-78(2,3)50-84(19,20)56-44-66(76(90)72(46-56)88-68-32-26-52(80(7,8)9)40-60(68)61-41-53(81(10,11)12)27-33-69(61)88)64-48-58(86)30-36-74(64)92(23)38-25-39-93(24)75-37-31-59(87)49-65(75)67-45-57(85(21,22)51-79(4,5)6)47-73(77(67)91)89-70-34-28-54(82(13,14)15)42-62(70)63-43-55(83(16,17)18)29-35-71(63)89/h26-37,40-49,90-91H,23-25,38-39,50-51H2,1-22H3. The fraction of sp³-hybridized carbons (Fsp3) is 0.412. The predicted molar refractivity (Wildman–Crippen MR) is 391 cm³/mol. The van der Waals surface area contributed by atoms with E-state index in [1.165, 1.54) is 46.5 Å². The predicted octanol–water partition coefficient (Wildman–Crippen LogP) is 24.7. The molecule has 8 aromatic carbocycles. The Balaban J connectivity index is 1.06. The Kier molecular flexibility index (Phi) is 17.4. The molecule has 492 valence electrons. The summed E-state index contributed by atoms with van der Waals surface area (Å²) >= 11 is 0. The van der Waals surface area contributed by atoms with Crippen molar-refractivity contribution in [3.05, 3.63) is 193 Å². The summed E-state index contributed by atoms with van der Waals surface area (Å²) in [5, 5.41) is 30.7. The van der Waals surface area contributed by atoms with Crippen molar-refractivity contribution in [3.8, 4) is 56.6 Å². The average Bonchev–Trinajstić information content (AvgIpc) is 1.62. The molecule has 0 unspecified atom stereocenters. The summed E-state index contributed by atoms with van der Waals surface area (Å²) in [4.78, 5) is 0. The molecule has 2 heterocycles. The highest BCUT2D eigenvalue weighted by Gasteiger charge is 2.35. The van der Waals surface area contributed by atoms with Gasteiger partial charge in [-0.2, -0.15) is 0 Å². The third kappa shape index (κ3) is 13.7. The number of rotatable bonds is 14. The van der Waals surface area contributed by atoms with Gasteiger partial charge in [-0.3, -0.25) is 0 Å². The molecular formula is C85H104F2N2O4. The van der Waals surface area contributed by atoms with Gasteiger partial charge in [0.25, 0.3) is 0 Å². The third-order valence-corrected chi connectivity index (χ3v) is 19.0. The number of hydrogen-bond donors (Lipinski definition) is 2. The molecule has 2 aromatic heterocycles. The normalized spacial score (nSPS) is 13.4. The quantitative estimate of drug-likeness (QED) is 0.0842. The van der Waals surface area contributed by atoms with E-state index < -0.39 is 11.6 Å². The minimum atomic E-state index is -0.451. The van der Waals surface area contributed by atoms with E-state index in [-0.39, 0.29) is 54.8 Å². The molecule has 0 bridgehead atoms. The molecule has 0 saturated carbocycles. The van der Waals surface area contributed by atoms with Gasteiger partial charge in [-0.1, -0.05) is 177 Å². The number of hydrogen-bond acceptors (Lipinski definition) is 2. The van der Waals surface area contributed by atoms with Gasteiger partial charge in [-0.15, -0.1) is 0 Å². The summed E-state index contributed by atoms with van der Waals surface area (Å²) in [6, 6.07) is 44.4. The number of aromatic nitrogens is 2. The Morgan fingerprint density at radius 1 is 0.344 bits per heavy atom. The van der Waals surface area contributed by atoms with Gasteiger partial charge < -0.3 is 28.1 Å². The van der Waals surface area contributed by atoms with Crippen LogP contribution < -0.4 is 0 Å². The van der Waals surface area contributed by atoms with E-state index >= 15 is 8.78 Å². The average molecular weight is 1260 g/mol. The molecule has 6 nitrogen and oxygen atoms in total. The van der Waals surface area contributed by atoms with Crippen LogP contribution in [-0.2, 0) is 41.2 Å². The Morgan fingerprint density at radius 3 is 0.882 bits per heavy atom. The summed E-state index contributed by atoms with van der Waals surface area (Å²) in [6.45, 7) is 49.9. The van der Waals surface area contributed by atoms with Crippen LogP contribution in [0.1, 0.15) is 205 Å². The highest BCUT2D eigenvalue weighted by molar-refractivity contribution is 6.11. The largest absolute Gasteiger partial charge is 0.711 e. The van der Waals surface area contributed by atoms with Crippen LogP contribution in [0.2, 0.25) is 0 Å². The van der Waals surface area contributed by atoms with E-state index in [1.54, 1.807) is 12.1 Å². The smallest absolute Gasteiger partial charge is 0.234 e. The molecule has 10 aromatic rings. The van der Waals surface area contributed by atoms with E-state index in [0.717, 1.165) is 67.6 Å². The topological polar surface area (TPSA) is 55.7 Å². The minimum Gasteiger partial charge on any atom is -0.711 e. The first kappa shape index (κ1) is 68.3. The maximum atomic E-state index is 16.1. The summed E-state index contributed by atoms with van der Waals surface area (Å²) in [6.07, 6.45) is 2.13. The van der Waals surface area contributed by atoms with Gasteiger partial charge in [-0.05, 0) is 201 Å². The lowest BCUT2D eigenvalue weighted by atomic mass is 9.71. The molecule has 8 heteroatoms. The number of aromatic hydroxyl groups is 2. The van der Waals surface area contributed by atoms with Gasteiger partial charge in [0.2, 0.25) is 11.5 Å². The Morgan fingerprint density at radius 2 is 0.624 bits per heavy atom. The van der Waals surface area contributed by atoms with E-state index in [9.17, 15) is 10.2 Å². The van der Waals surface area contributed by atoms with Crippen LogP contribution in [0.5, 0.6) is 23.0 Å². The molecule has 2 N–H and O–H groups in total. The molecule has 0 saturated heterocycles. The maximum Gasteiger partial charge on any atom is 0.234 e. The summed E-state index contributed by atoms with van der Waals surface area (Å²) in [5.41, 5.74) is 12.5. The van der Waals surface area contributed by atoms with Crippen molar-refractivity contribution in [1.82, 2.24) is 9.13 Å². The lowest BCUT2D eigenvalue weighted by molar-refractivity contribution is -0.0160. The fourth-order valence-corrected chi connectivity index (χ4v) is 14.6. The second kappa shape index (κ2) is 23.7. The van der Waals surface area contributed by atoms with Gasteiger partial charge in [0.15, 0.2) is 13.2 Å². The Bertz CT molecular complexity index is 4080.